The highest BCUT2D eigenvalue weighted by atomic mass is 16.5. The zero-order valence-electron chi connectivity index (χ0n) is 46.8. The highest BCUT2D eigenvalue weighted by Gasteiger charge is 2.20. The third-order valence-electron chi connectivity index (χ3n) is 14.8. The molecule has 0 saturated carbocycles. The summed E-state index contributed by atoms with van der Waals surface area (Å²) >= 11 is 0. The lowest BCUT2D eigenvalue weighted by molar-refractivity contribution is -0.143. The Morgan fingerprint density at radius 2 is 0.681 bits per heavy atom. The lowest BCUT2D eigenvalue weighted by atomic mass is 10.0. The van der Waals surface area contributed by atoms with Gasteiger partial charge in [-0.1, -0.05) is 302 Å². The molecule has 6 nitrogen and oxygen atoms in total. The second-order valence-corrected chi connectivity index (χ2v) is 21.7. The first-order valence-electron chi connectivity index (χ1n) is 31.4. The Hall–Kier alpha value is -1.40. The SMILES string of the molecule is CCCCCCCCCCCCCCCCCCCCCC(O)C(CO)NC(=O)CCCCCCC/C=C\CCCCCCCCCOC(=O)CCCCCCCCCCCCCCCCCCC. The topological polar surface area (TPSA) is 95.9 Å². The van der Waals surface area contributed by atoms with E-state index in [1.165, 1.54) is 257 Å². The van der Waals surface area contributed by atoms with Gasteiger partial charge >= 0.3 is 5.97 Å². The minimum atomic E-state index is -0.675. The van der Waals surface area contributed by atoms with Crippen molar-refractivity contribution in [2.75, 3.05) is 13.2 Å². The van der Waals surface area contributed by atoms with E-state index in [2.05, 4.69) is 31.3 Å². The summed E-state index contributed by atoms with van der Waals surface area (Å²) < 4.78 is 5.49. The number of ether oxygens (including phenoxy) is 1. The number of hydrogen-bond acceptors (Lipinski definition) is 5. The number of carbonyl (C=O) groups is 2. The van der Waals surface area contributed by atoms with Crippen molar-refractivity contribution in [3.8, 4) is 0 Å². The molecule has 0 aliphatic carbocycles. The van der Waals surface area contributed by atoms with Crippen LogP contribution in [-0.2, 0) is 14.3 Å². The molecule has 0 aliphatic rings. The molecule has 0 aromatic carbocycles. The van der Waals surface area contributed by atoms with E-state index in [-0.39, 0.29) is 18.5 Å². The van der Waals surface area contributed by atoms with Crippen molar-refractivity contribution >= 4 is 11.9 Å². The molecular weight excluding hydrogens is 851 g/mol. The quantitative estimate of drug-likeness (QED) is 0.0321. The van der Waals surface area contributed by atoms with Gasteiger partial charge in [0, 0.05) is 12.8 Å². The molecule has 0 rings (SSSR count). The molecule has 0 aromatic heterocycles. The number of carbonyl (C=O) groups excluding carboxylic acids is 2. The van der Waals surface area contributed by atoms with E-state index in [0.717, 1.165) is 64.2 Å². The number of unbranched alkanes of at least 4 members (excludes halogenated alkanes) is 46. The van der Waals surface area contributed by atoms with Crippen LogP contribution in [0.4, 0.5) is 0 Å². The van der Waals surface area contributed by atoms with Crippen molar-refractivity contribution in [2.45, 2.75) is 366 Å². The van der Waals surface area contributed by atoms with Gasteiger partial charge in [0.25, 0.3) is 0 Å². The van der Waals surface area contributed by atoms with Gasteiger partial charge in [-0.25, -0.2) is 0 Å². The van der Waals surface area contributed by atoms with Gasteiger partial charge < -0.3 is 20.3 Å². The lowest BCUT2D eigenvalue weighted by Gasteiger charge is -2.22. The maximum absolute atomic E-state index is 12.5. The Kier molecular flexibility index (Phi) is 58.0. The van der Waals surface area contributed by atoms with Gasteiger partial charge in [-0.3, -0.25) is 9.59 Å². The van der Waals surface area contributed by atoms with Crippen LogP contribution in [0.2, 0.25) is 0 Å². The van der Waals surface area contributed by atoms with Crippen LogP contribution in [0.15, 0.2) is 12.2 Å². The monoisotopic (exact) mass is 974 g/mol. The minimum Gasteiger partial charge on any atom is -0.466 e. The molecule has 0 heterocycles. The van der Waals surface area contributed by atoms with E-state index in [1.54, 1.807) is 0 Å². The summed E-state index contributed by atoms with van der Waals surface area (Å²) in [5, 5.41) is 23.3. The second-order valence-electron chi connectivity index (χ2n) is 21.7. The van der Waals surface area contributed by atoms with Crippen LogP contribution in [0.3, 0.4) is 0 Å². The fourth-order valence-electron chi connectivity index (χ4n) is 9.99. The Balaban J connectivity index is 3.44. The smallest absolute Gasteiger partial charge is 0.305 e. The standard InChI is InChI=1S/C63H123NO5/c1-3-5-7-9-11-13-15-17-19-21-22-24-27-31-35-39-43-47-51-55-61(66)60(59-65)64-62(67)56-52-48-44-40-36-32-28-25-26-30-34-38-42-46-50-54-58-69-63(68)57-53-49-45-41-37-33-29-23-20-18-16-14-12-10-8-6-4-2/h25,28,60-61,65-66H,3-24,26-27,29-59H2,1-2H3,(H,64,67)/b28-25-. The third kappa shape index (κ3) is 55.8. The van der Waals surface area contributed by atoms with Crippen LogP contribution >= 0.6 is 0 Å². The Bertz CT molecular complexity index is 1030. The van der Waals surface area contributed by atoms with E-state index >= 15 is 0 Å². The van der Waals surface area contributed by atoms with E-state index in [9.17, 15) is 19.8 Å². The first-order chi connectivity index (χ1) is 34.0. The second kappa shape index (κ2) is 59.2. The van der Waals surface area contributed by atoms with E-state index in [4.69, 9.17) is 4.74 Å². The number of aliphatic hydroxyl groups is 2. The van der Waals surface area contributed by atoms with Crippen LogP contribution in [0.25, 0.3) is 0 Å². The maximum Gasteiger partial charge on any atom is 0.305 e. The third-order valence-corrected chi connectivity index (χ3v) is 14.8. The van der Waals surface area contributed by atoms with Crippen LogP contribution in [-0.4, -0.2) is 47.4 Å². The van der Waals surface area contributed by atoms with Gasteiger partial charge in [0.15, 0.2) is 0 Å². The summed E-state index contributed by atoms with van der Waals surface area (Å²) in [5.41, 5.74) is 0. The molecule has 1 amide bonds. The van der Waals surface area contributed by atoms with Gasteiger partial charge in [-0.05, 0) is 51.4 Å². The predicted octanol–water partition coefficient (Wildman–Crippen LogP) is 19.6. The average Bonchev–Trinajstić information content (AvgIpc) is 3.35. The maximum atomic E-state index is 12.5. The molecule has 0 aliphatic heterocycles. The van der Waals surface area contributed by atoms with Crippen LogP contribution in [0.1, 0.15) is 354 Å². The van der Waals surface area contributed by atoms with Crippen molar-refractivity contribution in [1.29, 1.82) is 0 Å². The zero-order valence-corrected chi connectivity index (χ0v) is 46.8. The summed E-state index contributed by atoms with van der Waals surface area (Å²) in [6.07, 6.45) is 70.7. The largest absolute Gasteiger partial charge is 0.466 e. The molecule has 0 bridgehead atoms. The van der Waals surface area contributed by atoms with E-state index < -0.39 is 12.1 Å². The van der Waals surface area contributed by atoms with Crippen molar-refractivity contribution in [3.05, 3.63) is 12.2 Å². The molecule has 0 fully saturated rings. The lowest BCUT2D eigenvalue weighted by Crippen LogP contribution is -2.45. The van der Waals surface area contributed by atoms with Crippen molar-refractivity contribution < 1.29 is 24.5 Å². The van der Waals surface area contributed by atoms with Gasteiger partial charge in [0.05, 0.1) is 25.4 Å². The number of nitrogens with one attached hydrogen (secondary N) is 1. The number of allylic oxidation sites excluding steroid dienone is 2. The number of rotatable bonds is 59. The number of hydrogen-bond donors (Lipinski definition) is 3. The molecule has 0 aromatic rings. The van der Waals surface area contributed by atoms with Crippen LogP contribution in [0.5, 0.6) is 0 Å². The zero-order chi connectivity index (χ0) is 50.0. The first kappa shape index (κ1) is 67.6. The predicted molar refractivity (Wildman–Crippen MR) is 301 cm³/mol. The minimum absolute atomic E-state index is 0.00216. The van der Waals surface area contributed by atoms with Crippen molar-refractivity contribution in [1.82, 2.24) is 5.32 Å². The summed E-state index contributed by atoms with van der Waals surface area (Å²) in [7, 11) is 0. The van der Waals surface area contributed by atoms with E-state index in [1.807, 2.05) is 0 Å². The summed E-state index contributed by atoms with van der Waals surface area (Å²) in [6.45, 7) is 4.96. The number of amides is 1. The van der Waals surface area contributed by atoms with Gasteiger partial charge in [-0.15, -0.1) is 0 Å². The van der Waals surface area contributed by atoms with Crippen LogP contribution < -0.4 is 5.32 Å². The highest BCUT2D eigenvalue weighted by molar-refractivity contribution is 5.76. The molecule has 2 atom stereocenters. The molecule has 0 spiro atoms. The Labute approximate surface area is 431 Å². The van der Waals surface area contributed by atoms with E-state index in [0.29, 0.717) is 25.9 Å². The molecule has 3 N–H and O–H groups in total. The molecule has 0 saturated heterocycles. The number of esters is 1. The van der Waals surface area contributed by atoms with Crippen molar-refractivity contribution in [2.24, 2.45) is 0 Å². The fourth-order valence-corrected chi connectivity index (χ4v) is 9.99. The normalized spacial score (nSPS) is 12.6. The summed E-state index contributed by atoms with van der Waals surface area (Å²) in [4.78, 5) is 24.6. The molecule has 69 heavy (non-hydrogen) atoms. The first-order valence-corrected chi connectivity index (χ1v) is 31.4. The van der Waals surface area contributed by atoms with Gasteiger partial charge in [0.2, 0.25) is 5.91 Å². The Morgan fingerprint density at radius 1 is 0.391 bits per heavy atom. The highest BCUT2D eigenvalue weighted by Crippen LogP contribution is 2.18. The van der Waals surface area contributed by atoms with Gasteiger partial charge in [-0.2, -0.15) is 0 Å². The van der Waals surface area contributed by atoms with Gasteiger partial charge in [0.1, 0.15) is 0 Å². The molecule has 410 valence electrons. The summed E-state index contributed by atoms with van der Waals surface area (Å²) in [6, 6.07) is -0.553. The van der Waals surface area contributed by atoms with Crippen molar-refractivity contribution in [3.63, 3.8) is 0 Å². The van der Waals surface area contributed by atoms with Crippen LogP contribution in [0, 0.1) is 0 Å². The summed E-state index contributed by atoms with van der Waals surface area (Å²) in [5.74, 6) is -0.0462. The molecule has 6 heteroatoms. The molecule has 2 unspecified atom stereocenters. The Morgan fingerprint density at radius 3 is 1.03 bits per heavy atom. The molecular formula is C63H123NO5. The average molecular weight is 975 g/mol. The fraction of sp³-hybridized carbons (Fsp3) is 0.937. The molecule has 0 radical (unpaired) electrons. The number of aliphatic hydroxyl groups excluding tert-OH is 2.